The second kappa shape index (κ2) is 6.09. The fraction of sp³-hybridized carbons (Fsp3) is 0.562. The summed E-state index contributed by atoms with van der Waals surface area (Å²) in [6, 6.07) is 5.17. The number of carbonyl (C=O) groups is 1. The highest BCUT2D eigenvalue weighted by Gasteiger charge is 2.23. The molecule has 1 saturated carbocycles. The van der Waals surface area contributed by atoms with Crippen LogP contribution in [0.1, 0.15) is 67.3 Å². The van der Waals surface area contributed by atoms with Gasteiger partial charge in [-0.15, -0.1) is 0 Å². The maximum atomic E-state index is 10.9. The van der Waals surface area contributed by atoms with Crippen molar-refractivity contribution in [1.82, 2.24) is 0 Å². The molecule has 1 aromatic carbocycles. The Morgan fingerprint density at radius 2 is 2.00 bits per heavy atom. The molecule has 0 heterocycles. The number of carboxylic acids is 1. The molecule has 3 heteroatoms. The summed E-state index contributed by atoms with van der Waals surface area (Å²) in [6.07, 6.45) is 7.52. The number of carboxylic acid groups (broad SMARTS) is 1. The SMILES string of the molecule is CCCC1CCC(c2ccc(C(=O)O)cc2N)CC1. The van der Waals surface area contributed by atoms with Crippen molar-refractivity contribution in [2.24, 2.45) is 5.92 Å². The number of hydrogen-bond acceptors (Lipinski definition) is 2. The van der Waals surface area contributed by atoms with Crippen molar-refractivity contribution >= 4 is 11.7 Å². The van der Waals surface area contributed by atoms with Crippen LogP contribution in [0.15, 0.2) is 18.2 Å². The van der Waals surface area contributed by atoms with Gasteiger partial charge in [-0.3, -0.25) is 0 Å². The third-order valence-corrected chi connectivity index (χ3v) is 4.32. The molecule has 1 aliphatic carbocycles. The summed E-state index contributed by atoms with van der Waals surface area (Å²) < 4.78 is 0. The van der Waals surface area contributed by atoms with E-state index in [0.29, 0.717) is 11.6 Å². The van der Waals surface area contributed by atoms with E-state index in [1.54, 1.807) is 12.1 Å². The number of nitrogens with two attached hydrogens (primary N) is 1. The smallest absolute Gasteiger partial charge is 0.335 e. The minimum atomic E-state index is -0.912. The average Bonchev–Trinajstić information content (AvgIpc) is 2.40. The first-order valence-electron chi connectivity index (χ1n) is 7.24. The monoisotopic (exact) mass is 261 g/mol. The van der Waals surface area contributed by atoms with Gasteiger partial charge in [0.15, 0.2) is 0 Å². The van der Waals surface area contributed by atoms with Crippen molar-refractivity contribution in [2.75, 3.05) is 5.73 Å². The summed E-state index contributed by atoms with van der Waals surface area (Å²) in [5.74, 6) is 0.474. The zero-order chi connectivity index (χ0) is 13.8. The maximum absolute atomic E-state index is 10.9. The van der Waals surface area contributed by atoms with Gasteiger partial charge in [0.25, 0.3) is 0 Å². The van der Waals surface area contributed by atoms with Crippen LogP contribution in [0.4, 0.5) is 5.69 Å². The van der Waals surface area contributed by atoms with Crippen LogP contribution in [-0.4, -0.2) is 11.1 Å². The molecule has 0 aromatic heterocycles. The van der Waals surface area contributed by atoms with Crippen LogP contribution in [0.25, 0.3) is 0 Å². The summed E-state index contributed by atoms with van der Waals surface area (Å²) in [5.41, 5.74) is 8.08. The van der Waals surface area contributed by atoms with Crippen molar-refractivity contribution in [3.8, 4) is 0 Å². The Balaban J connectivity index is 2.05. The first-order chi connectivity index (χ1) is 9.11. The van der Waals surface area contributed by atoms with Gasteiger partial charge < -0.3 is 10.8 Å². The van der Waals surface area contributed by atoms with E-state index in [9.17, 15) is 4.79 Å². The van der Waals surface area contributed by atoms with E-state index in [0.717, 1.165) is 11.5 Å². The van der Waals surface area contributed by atoms with Crippen LogP contribution in [-0.2, 0) is 0 Å². The van der Waals surface area contributed by atoms with Crippen molar-refractivity contribution in [2.45, 2.75) is 51.4 Å². The molecule has 104 valence electrons. The van der Waals surface area contributed by atoms with Crippen molar-refractivity contribution in [1.29, 1.82) is 0 Å². The summed E-state index contributed by atoms with van der Waals surface area (Å²) in [7, 11) is 0. The van der Waals surface area contributed by atoms with Crippen LogP contribution >= 0.6 is 0 Å². The Hall–Kier alpha value is -1.51. The zero-order valence-electron chi connectivity index (χ0n) is 11.6. The number of rotatable bonds is 4. The lowest BCUT2D eigenvalue weighted by Crippen LogP contribution is -2.14. The minimum absolute atomic E-state index is 0.279. The number of nitrogen functional groups attached to an aromatic ring is 1. The first kappa shape index (κ1) is 13.9. The lowest BCUT2D eigenvalue weighted by atomic mass is 9.77. The largest absolute Gasteiger partial charge is 0.478 e. The third-order valence-electron chi connectivity index (χ3n) is 4.32. The molecule has 1 aliphatic rings. The predicted molar refractivity (Wildman–Crippen MR) is 77.4 cm³/mol. The molecular weight excluding hydrogens is 238 g/mol. The standard InChI is InChI=1S/C16H23NO2/c1-2-3-11-4-6-12(7-5-11)14-9-8-13(16(18)19)10-15(14)17/h8-12H,2-7,17H2,1H3,(H,18,19). The highest BCUT2D eigenvalue weighted by atomic mass is 16.4. The molecule has 0 saturated heterocycles. The molecule has 0 amide bonds. The van der Waals surface area contributed by atoms with Gasteiger partial charge in [-0.1, -0.05) is 25.8 Å². The van der Waals surface area contributed by atoms with Gasteiger partial charge in [0.1, 0.15) is 0 Å². The minimum Gasteiger partial charge on any atom is -0.478 e. The summed E-state index contributed by atoms with van der Waals surface area (Å²) in [5, 5.41) is 8.95. The van der Waals surface area contributed by atoms with Gasteiger partial charge in [-0.2, -0.15) is 0 Å². The topological polar surface area (TPSA) is 63.3 Å². The van der Waals surface area contributed by atoms with Crippen LogP contribution in [0.3, 0.4) is 0 Å². The van der Waals surface area contributed by atoms with Crippen molar-refractivity contribution in [3.63, 3.8) is 0 Å². The third kappa shape index (κ3) is 3.28. The van der Waals surface area contributed by atoms with Gasteiger partial charge in [0, 0.05) is 5.69 Å². The summed E-state index contributed by atoms with van der Waals surface area (Å²) in [4.78, 5) is 10.9. The number of hydrogen-bond donors (Lipinski definition) is 2. The summed E-state index contributed by atoms with van der Waals surface area (Å²) >= 11 is 0. The second-order valence-corrected chi connectivity index (χ2v) is 5.66. The molecule has 2 rings (SSSR count). The highest BCUT2D eigenvalue weighted by Crippen LogP contribution is 2.39. The zero-order valence-corrected chi connectivity index (χ0v) is 11.6. The van der Waals surface area contributed by atoms with Gasteiger partial charge >= 0.3 is 5.97 Å². The lowest BCUT2D eigenvalue weighted by Gasteiger charge is -2.29. The van der Waals surface area contributed by atoms with E-state index < -0.39 is 5.97 Å². The Morgan fingerprint density at radius 1 is 1.32 bits per heavy atom. The van der Waals surface area contributed by atoms with Crippen LogP contribution in [0.5, 0.6) is 0 Å². The number of benzene rings is 1. The van der Waals surface area contributed by atoms with E-state index >= 15 is 0 Å². The maximum Gasteiger partial charge on any atom is 0.335 e. The van der Waals surface area contributed by atoms with E-state index in [4.69, 9.17) is 10.8 Å². The second-order valence-electron chi connectivity index (χ2n) is 5.66. The van der Waals surface area contributed by atoms with Crippen LogP contribution in [0, 0.1) is 5.92 Å². The number of aromatic carboxylic acids is 1. The van der Waals surface area contributed by atoms with Crippen molar-refractivity contribution < 1.29 is 9.90 Å². The van der Waals surface area contributed by atoms with Gasteiger partial charge in [0.05, 0.1) is 5.56 Å². The molecule has 0 atom stereocenters. The van der Waals surface area contributed by atoms with E-state index in [-0.39, 0.29) is 5.56 Å². The van der Waals surface area contributed by atoms with E-state index in [1.165, 1.54) is 38.5 Å². The molecule has 0 unspecified atom stereocenters. The molecular formula is C16H23NO2. The molecule has 3 nitrogen and oxygen atoms in total. The summed E-state index contributed by atoms with van der Waals surface area (Å²) in [6.45, 7) is 2.24. The lowest BCUT2D eigenvalue weighted by molar-refractivity contribution is 0.0697. The van der Waals surface area contributed by atoms with Crippen LogP contribution < -0.4 is 5.73 Å². The molecule has 0 radical (unpaired) electrons. The van der Waals surface area contributed by atoms with E-state index in [1.807, 2.05) is 6.07 Å². The molecule has 0 aliphatic heterocycles. The Morgan fingerprint density at radius 3 is 2.53 bits per heavy atom. The quantitative estimate of drug-likeness (QED) is 0.804. The molecule has 0 spiro atoms. The Bertz CT molecular complexity index is 448. The molecule has 1 fully saturated rings. The first-order valence-corrected chi connectivity index (χ1v) is 7.24. The van der Waals surface area contributed by atoms with E-state index in [2.05, 4.69) is 6.92 Å². The predicted octanol–water partition coefficient (Wildman–Crippen LogP) is 4.04. The van der Waals surface area contributed by atoms with Crippen LogP contribution in [0.2, 0.25) is 0 Å². The molecule has 3 N–H and O–H groups in total. The van der Waals surface area contributed by atoms with Gasteiger partial charge in [0.2, 0.25) is 0 Å². The van der Waals surface area contributed by atoms with Gasteiger partial charge in [-0.05, 0) is 55.2 Å². The Kier molecular flexibility index (Phi) is 4.46. The Labute approximate surface area is 114 Å². The number of anilines is 1. The highest BCUT2D eigenvalue weighted by molar-refractivity contribution is 5.89. The fourth-order valence-electron chi connectivity index (χ4n) is 3.25. The van der Waals surface area contributed by atoms with Crippen molar-refractivity contribution in [3.05, 3.63) is 29.3 Å². The molecule has 0 bridgehead atoms. The fourth-order valence-corrected chi connectivity index (χ4v) is 3.25. The molecule has 1 aromatic rings. The molecule has 19 heavy (non-hydrogen) atoms. The normalized spacial score (nSPS) is 23.2. The average molecular weight is 261 g/mol. The van der Waals surface area contributed by atoms with Gasteiger partial charge in [-0.25, -0.2) is 4.79 Å².